The lowest BCUT2D eigenvalue weighted by Crippen LogP contribution is -2.10. The number of benzene rings is 1. The van der Waals surface area contributed by atoms with Gasteiger partial charge in [-0.25, -0.2) is 4.68 Å². The summed E-state index contributed by atoms with van der Waals surface area (Å²) in [6, 6.07) is 6.07. The van der Waals surface area contributed by atoms with Gasteiger partial charge in [0, 0.05) is 6.54 Å². The molecule has 2 aromatic rings. The van der Waals surface area contributed by atoms with E-state index in [9.17, 15) is 4.79 Å². The van der Waals surface area contributed by atoms with E-state index in [4.69, 9.17) is 4.74 Å². The van der Waals surface area contributed by atoms with Crippen molar-refractivity contribution in [2.24, 2.45) is 0 Å². The predicted octanol–water partition coefficient (Wildman–Crippen LogP) is 3.09. The minimum atomic E-state index is 0.301. The number of ether oxygens (including phenoxy) is 1. The molecule has 21 heavy (non-hydrogen) atoms. The van der Waals surface area contributed by atoms with E-state index < -0.39 is 0 Å². The Morgan fingerprint density at radius 3 is 2.86 bits per heavy atom. The van der Waals surface area contributed by atoms with E-state index in [0.717, 1.165) is 48.2 Å². The second-order valence-corrected chi connectivity index (χ2v) is 5.17. The van der Waals surface area contributed by atoms with Crippen LogP contribution < -0.4 is 4.74 Å². The van der Waals surface area contributed by atoms with Crippen molar-refractivity contribution >= 4 is 6.29 Å². The van der Waals surface area contributed by atoms with Gasteiger partial charge in [0.05, 0.1) is 0 Å². The summed E-state index contributed by atoms with van der Waals surface area (Å²) < 4.78 is 7.63. The van der Waals surface area contributed by atoms with Crippen LogP contribution in [-0.2, 0) is 13.2 Å². The Kier molecular flexibility index (Phi) is 5.09. The summed E-state index contributed by atoms with van der Waals surface area (Å²) in [6.45, 7) is 7.19. The summed E-state index contributed by atoms with van der Waals surface area (Å²) in [5.41, 5.74) is 3.31. The van der Waals surface area contributed by atoms with Gasteiger partial charge in [0.25, 0.3) is 0 Å². The Balaban J connectivity index is 2.16. The third-order valence-corrected chi connectivity index (χ3v) is 3.41. The quantitative estimate of drug-likeness (QED) is 0.734. The van der Waals surface area contributed by atoms with E-state index in [0.29, 0.717) is 12.3 Å². The van der Waals surface area contributed by atoms with E-state index in [1.165, 1.54) is 0 Å². The molecule has 0 aliphatic heterocycles. The Morgan fingerprint density at radius 1 is 1.33 bits per heavy atom. The predicted molar refractivity (Wildman–Crippen MR) is 80.6 cm³/mol. The molecule has 0 atom stereocenters. The largest absolute Gasteiger partial charge is 0.487 e. The summed E-state index contributed by atoms with van der Waals surface area (Å²) >= 11 is 0. The number of hydrogen-bond acceptors (Lipinski definition) is 4. The van der Waals surface area contributed by atoms with Crippen LogP contribution in [0.5, 0.6) is 5.75 Å². The third-order valence-electron chi connectivity index (χ3n) is 3.41. The van der Waals surface area contributed by atoms with E-state index >= 15 is 0 Å². The van der Waals surface area contributed by atoms with Crippen molar-refractivity contribution in [1.82, 2.24) is 15.0 Å². The Hall–Kier alpha value is -2.17. The first-order valence-electron chi connectivity index (χ1n) is 7.23. The molecule has 1 aromatic heterocycles. The molecule has 0 fully saturated rings. The highest BCUT2D eigenvalue weighted by molar-refractivity contribution is 5.73. The molecule has 0 aliphatic rings. The first kappa shape index (κ1) is 15.2. The zero-order valence-corrected chi connectivity index (χ0v) is 12.8. The molecule has 1 heterocycles. The molecule has 112 valence electrons. The smallest absolute Gasteiger partial charge is 0.172 e. The average Bonchev–Trinajstić information content (AvgIpc) is 2.88. The number of rotatable bonds is 7. The van der Waals surface area contributed by atoms with Gasteiger partial charge in [0.2, 0.25) is 0 Å². The highest BCUT2D eigenvalue weighted by Crippen LogP contribution is 2.20. The molecule has 0 amide bonds. The molecule has 2 rings (SSSR count). The normalized spacial score (nSPS) is 10.6. The van der Waals surface area contributed by atoms with Crippen LogP contribution in [0.25, 0.3) is 0 Å². The van der Waals surface area contributed by atoms with Crippen LogP contribution >= 0.6 is 0 Å². The summed E-state index contributed by atoms with van der Waals surface area (Å²) in [5.74, 6) is 0.829. The van der Waals surface area contributed by atoms with Gasteiger partial charge in [-0.1, -0.05) is 30.7 Å². The van der Waals surface area contributed by atoms with Gasteiger partial charge >= 0.3 is 0 Å². The second kappa shape index (κ2) is 7.02. The van der Waals surface area contributed by atoms with Gasteiger partial charge in [-0.05, 0) is 37.5 Å². The number of aromatic nitrogens is 3. The first-order chi connectivity index (χ1) is 10.2. The highest BCUT2D eigenvalue weighted by atomic mass is 16.5. The maximum atomic E-state index is 11.1. The molecule has 5 heteroatoms. The van der Waals surface area contributed by atoms with Gasteiger partial charge < -0.3 is 4.74 Å². The van der Waals surface area contributed by atoms with Gasteiger partial charge in [-0.15, -0.1) is 5.10 Å². The molecule has 0 saturated heterocycles. The molecule has 0 unspecified atom stereocenters. The van der Waals surface area contributed by atoms with Crippen molar-refractivity contribution < 1.29 is 9.53 Å². The highest BCUT2D eigenvalue weighted by Gasteiger charge is 2.13. The van der Waals surface area contributed by atoms with E-state index in [2.05, 4.69) is 17.2 Å². The summed E-state index contributed by atoms with van der Waals surface area (Å²) in [5, 5.41) is 7.94. The Morgan fingerprint density at radius 2 is 2.14 bits per heavy atom. The first-order valence-corrected chi connectivity index (χ1v) is 7.23. The minimum absolute atomic E-state index is 0.301. The molecule has 5 nitrogen and oxygen atoms in total. The fraction of sp³-hybridized carbons (Fsp3) is 0.438. The van der Waals surface area contributed by atoms with Crippen LogP contribution in [0.1, 0.15) is 47.1 Å². The van der Waals surface area contributed by atoms with Crippen LogP contribution in [-0.4, -0.2) is 21.3 Å². The van der Waals surface area contributed by atoms with Crippen LogP contribution in [0.15, 0.2) is 18.2 Å². The number of unbranched alkanes of at least 4 members (excludes halogenated alkanes) is 1. The minimum Gasteiger partial charge on any atom is -0.487 e. The van der Waals surface area contributed by atoms with E-state index in [1.54, 1.807) is 4.68 Å². The molecular formula is C16H21N3O2. The fourth-order valence-corrected chi connectivity index (χ4v) is 2.08. The van der Waals surface area contributed by atoms with Crippen molar-refractivity contribution in [3.63, 3.8) is 0 Å². The van der Waals surface area contributed by atoms with Crippen LogP contribution in [0.2, 0.25) is 0 Å². The summed E-state index contributed by atoms with van der Waals surface area (Å²) in [4.78, 5) is 11.1. The van der Waals surface area contributed by atoms with Crippen molar-refractivity contribution in [3.8, 4) is 5.75 Å². The number of nitrogens with zero attached hydrogens (tertiary/aromatic N) is 3. The zero-order valence-electron chi connectivity index (χ0n) is 12.8. The number of aryl methyl sites for hydroxylation is 3. The Labute approximate surface area is 124 Å². The molecule has 1 aromatic carbocycles. The second-order valence-electron chi connectivity index (χ2n) is 5.17. The summed E-state index contributed by atoms with van der Waals surface area (Å²) in [6.07, 6.45) is 2.79. The maximum absolute atomic E-state index is 11.1. The standard InChI is InChI=1S/C16H21N3O2/c1-4-5-8-19-15(14(10-20)17-18-19)11-21-16-9-12(2)6-7-13(16)3/h6-7,9-10H,4-5,8,11H2,1-3H3. The van der Waals surface area contributed by atoms with Crippen LogP contribution in [0, 0.1) is 13.8 Å². The number of hydrogen-bond donors (Lipinski definition) is 0. The number of carbonyl (C=O) groups is 1. The molecule has 0 N–H and O–H groups in total. The van der Waals surface area contributed by atoms with Crippen LogP contribution in [0.3, 0.4) is 0 Å². The maximum Gasteiger partial charge on any atom is 0.172 e. The molecule has 0 spiro atoms. The lowest BCUT2D eigenvalue weighted by Gasteiger charge is -2.11. The third kappa shape index (κ3) is 3.68. The topological polar surface area (TPSA) is 57.0 Å². The molecule has 0 radical (unpaired) electrons. The van der Waals surface area contributed by atoms with Gasteiger partial charge in [-0.3, -0.25) is 4.79 Å². The lowest BCUT2D eigenvalue weighted by atomic mass is 10.1. The zero-order chi connectivity index (χ0) is 15.2. The Bertz CT molecular complexity index is 620. The number of aldehydes is 1. The number of carbonyl (C=O) groups excluding carboxylic acids is 1. The molecule has 0 aliphatic carbocycles. The van der Waals surface area contributed by atoms with Gasteiger partial charge in [0.15, 0.2) is 12.0 Å². The van der Waals surface area contributed by atoms with Gasteiger partial charge in [-0.2, -0.15) is 0 Å². The van der Waals surface area contributed by atoms with Crippen molar-refractivity contribution in [2.45, 2.75) is 46.8 Å². The van der Waals surface area contributed by atoms with Gasteiger partial charge in [0.1, 0.15) is 18.1 Å². The fourth-order valence-electron chi connectivity index (χ4n) is 2.08. The van der Waals surface area contributed by atoms with Crippen LogP contribution in [0.4, 0.5) is 0 Å². The van der Waals surface area contributed by atoms with E-state index in [1.807, 2.05) is 32.0 Å². The molecule has 0 bridgehead atoms. The van der Waals surface area contributed by atoms with Crippen molar-refractivity contribution in [1.29, 1.82) is 0 Å². The monoisotopic (exact) mass is 287 g/mol. The average molecular weight is 287 g/mol. The van der Waals surface area contributed by atoms with Crippen molar-refractivity contribution in [2.75, 3.05) is 0 Å². The van der Waals surface area contributed by atoms with E-state index in [-0.39, 0.29) is 0 Å². The summed E-state index contributed by atoms with van der Waals surface area (Å²) in [7, 11) is 0. The van der Waals surface area contributed by atoms with Crippen molar-refractivity contribution in [3.05, 3.63) is 40.7 Å². The molecular weight excluding hydrogens is 266 g/mol. The SMILES string of the molecule is CCCCn1nnc(C=O)c1COc1cc(C)ccc1C. The molecule has 0 saturated carbocycles. The lowest BCUT2D eigenvalue weighted by molar-refractivity contribution is 0.111.